The number of carbonyl (C=O) groups is 2. The highest BCUT2D eigenvalue weighted by Gasteiger charge is 2.15. The summed E-state index contributed by atoms with van der Waals surface area (Å²) < 4.78 is 32.4. The first-order chi connectivity index (χ1) is 13.1. The van der Waals surface area contributed by atoms with E-state index in [2.05, 4.69) is 10.0 Å². The fourth-order valence-corrected chi connectivity index (χ4v) is 3.49. The van der Waals surface area contributed by atoms with Crippen LogP contribution in [0.4, 0.5) is 5.69 Å². The summed E-state index contributed by atoms with van der Waals surface area (Å²) in [6.07, 6.45) is -0.256. The van der Waals surface area contributed by atoms with Gasteiger partial charge >= 0.3 is 5.97 Å². The van der Waals surface area contributed by atoms with E-state index >= 15 is 0 Å². The van der Waals surface area contributed by atoms with E-state index in [9.17, 15) is 18.0 Å². The van der Waals surface area contributed by atoms with Gasteiger partial charge in [0.2, 0.25) is 0 Å². The molecular formula is C20H24N2O5S. The van der Waals surface area contributed by atoms with Gasteiger partial charge < -0.3 is 10.1 Å². The second kappa shape index (κ2) is 8.88. The van der Waals surface area contributed by atoms with Crippen LogP contribution in [-0.2, 0) is 19.6 Å². The SMILES string of the molecule is Cc1ccc(S(=O)(=O)Nc2ccc(C(=O)NCC(=O)OC(C)C)cc2)cc1C. The van der Waals surface area contributed by atoms with Crippen LogP contribution in [0.5, 0.6) is 0 Å². The van der Waals surface area contributed by atoms with Gasteiger partial charge in [-0.15, -0.1) is 0 Å². The Morgan fingerprint density at radius 1 is 1.00 bits per heavy atom. The normalized spacial score (nSPS) is 11.2. The third-order valence-electron chi connectivity index (χ3n) is 3.95. The van der Waals surface area contributed by atoms with Crippen LogP contribution < -0.4 is 10.0 Å². The van der Waals surface area contributed by atoms with Gasteiger partial charge in [-0.05, 0) is 75.2 Å². The molecule has 0 heterocycles. The van der Waals surface area contributed by atoms with E-state index in [-0.39, 0.29) is 17.5 Å². The minimum absolute atomic E-state index is 0.168. The molecule has 2 rings (SSSR count). The Hall–Kier alpha value is -2.87. The third-order valence-corrected chi connectivity index (χ3v) is 5.33. The Morgan fingerprint density at radius 2 is 1.64 bits per heavy atom. The Kier molecular flexibility index (Phi) is 6.80. The number of ether oxygens (including phenoxy) is 1. The van der Waals surface area contributed by atoms with Crippen LogP contribution >= 0.6 is 0 Å². The largest absolute Gasteiger partial charge is 0.462 e. The topological polar surface area (TPSA) is 102 Å². The Bertz CT molecular complexity index is 967. The highest BCUT2D eigenvalue weighted by atomic mass is 32.2. The molecule has 0 aliphatic carbocycles. The van der Waals surface area contributed by atoms with Crippen molar-refractivity contribution in [1.29, 1.82) is 0 Å². The summed E-state index contributed by atoms with van der Waals surface area (Å²) in [6.45, 7) is 6.96. The van der Waals surface area contributed by atoms with Gasteiger partial charge in [0.05, 0.1) is 11.0 Å². The number of nitrogens with one attached hydrogen (secondary N) is 2. The molecule has 0 saturated heterocycles. The number of anilines is 1. The molecule has 0 unspecified atom stereocenters. The number of sulfonamides is 1. The van der Waals surface area contributed by atoms with Crippen LogP contribution in [0.2, 0.25) is 0 Å². The van der Waals surface area contributed by atoms with Crippen molar-refractivity contribution in [1.82, 2.24) is 5.32 Å². The maximum absolute atomic E-state index is 12.5. The molecule has 7 nitrogen and oxygen atoms in total. The first kappa shape index (κ1) is 21.4. The van der Waals surface area contributed by atoms with Crippen molar-refractivity contribution in [2.24, 2.45) is 0 Å². The average molecular weight is 404 g/mol. The molecule has 2 N–H and O–H groups in total. The van der Waals surface area contributed by atoms with Gasteiger partial charge in [0.15, 0.2) is 0 Å². The fourth-order valence-electron chi connectivity index (χ4n) is 2.34. The third kappa shape index (κ3) is 5.82. The lowest BCUT2D eigenvalue weighted by atomic mass is 10.1. The highest BCUT2D eigenvalue weighted by Crippen LogP contribution is 2.19. The predicted molar refractivity (Wildman–Crippen MR) is 107 cm³/mol. The summed E-state index contributed by atoms with van der Waals surface area (Å²) in [5.74, 6) is -0.981. The van der Waals surface area contributed by atoms with Gasteiger partial charge in [-0.1, -0.05) is 6.07 Å². The molecule has 28 heavy (non-hydrogen) atoms. The maximum Gasteiger partial charge on any atom is 0.325 e. The summed E-state index contributed by atoms with van der Waals surface area (Å²) in [5, 5.41) is 2.46. The molecule has 0 saturated carbocycles. The number of hydrogen-bond donors (Lipinski definition) is 2. The lowest BCUT2D eigenvalue weighted by molar-refractivity contribution is -0.146. The van der Waals surface area contributed by atoms with Crippen molar-refractivity contribution in [2.75, 3.05) is 11.3 Å². The Morgan fingerprint density at radius 3 is 2.21 bits per heavy atom. The van der Waals surface area contributed by atoms with E-state index in [4.69, 9.17) is 4.74 Å². The van der Waals surface area contributed by atoms with Gasteiger partial charge in [-0.3, -0.25) is 14.3 Å². The standard InChI is InChI=1S/C20H24N2O5S/c1-13(2)27-19(23)12-21-20(24)16-6-8-17(9-7-16)22-28(25,26)18-10-5-14(3)15(4)11-18/h5-11,13,22H,12H2,1-4H3,(H,21,24). The number of benzene rings is 2. The molecule has 0 aromatic heterocycles. The molecule has 0 bridgehead atoms. The number of amides is 1. The van der Waals surface area contributed by atoms with E-state index < -0.39 is 21.9 Å². The van der Waals surface area contributed by atoms with Crippen LogP contribution in [-0.4, -0.2) is 32.9 Å². The van der Waals surface area contributed by atoms with Gasteiger partial charge in [0, 0.05) is 11.3 Å². The van der Waals surface area contributed by atoms with Gasteiger partial charge in [0.1, 0.15) is 6.54 Å². The van der Waals surface area contributed by atoms with E-state index in [1.165, 1.54) is 24.3 Å². The van der Waals surface area contributed by atoms with E-state index in [0.29, 0.717) is 11.3 Å². The number of carbonyl (C=O) groups excluding carboxylic acids is 2. The molecule has 0 aliphatic heterocycles. The van der Waals surface area contributed by atoms with Crippen LogP contribution in [0.3, 0.4) is 0 Å². The monoisotopic (exact) mass is 404 g/mol. The first-order valence-electron chi connectivity index (χ1n) is 8.76. The summed E-state index contributed by atoms with van der Waals surface area (Å²) >= 11 is 0. The summed E-state index contributed by atoms with van der Waals surface area (Å²) in [4.78, 5) is 23.7. The zero-order valence-electron chi connectivity index (χ0n) is 16.3. The second-order valence-electron chi connectivity index (χ2n) is 6.65. The van der Waals surface area contributed by atoms with E-state index in [1.54, 1.807) is 32.0 Å². The van der Waals surface area contributed by atoms with Gasteiger partial charge in [-0.25, -0.2) is 8.42 Å². The minimum Gasteiger partial charge on any atom is -0.462 e. The summed E-state index contributed by atoms with van der Waals surface area (Å²) in [6, 6.07) is 10.8. The summed E-state index contributed by atoms with van der Waals surface area (Å²) in [5.41, 5.74) is 2.51. The van der Waals surface area contributed by atoms with E-state index in [0.717, 1.165) is 11.1 Å². The van der Waals surface area contributed by atoms with Crippen molar-refractivity contribution in [3.8, 4) is 0 Å². The minimum atomic E-state index is -3.73. The molecule has 8 heteroatoms. The quantitative estimate of drug-likeness (QED) is 0.691. The smallest absolute Gasteiger partial charge is 0.325 e. The molecule has 0 fully saturated rings. The van der Waals surface area contributed by atoms with Crippen LogP contribution in [0.25, 0.3) is 0 Å². The average Bonchev–Trinajstić information content (AvgIpc) is 2.61. The lowest BCUT2D eigenvalue weighted by Crippen LogP contribution is -2.31. The number of rotatable bonds is 7. The molecule has 0 atom stereocenters. The van der Waals surface area contributed by atoms with Crippen LogP contribution in [0.1, 0.15) is 35.3 Å². The van der Waals surface area contributed by atoms with Crippen molar-refractivity contribution in [3.05, 3.63) is 59.2 Å². The van der Waals surface area contributed by atoms with Crippen molar-refractivity contribution < 1.29 is 22.7 Å². The Labute approximate surface area is 165 Å². The molecular weight excluding hydrogens is 380 g/mol. The molecule has 1 amide bonds. The molecule has 0 aliphatic rings. The lowest BCUT2D eigenvalue weighted by Gasteiger charge is -2.11. The van der Waals surface area contributed by atoms with Crippen molar-refractivity contribution in [2.45, 2.75) is 38.7 Å². The second-order valence-corrected chi connectivity index (χ2v) is 8.33. The maximum atomic E-state index is 12.5. The predicted octanol–water partition coefficient (Wildman–Crippen LogP) is 2.79. The number of esters is 1. The number of aryl methyl sites for hydroxylation is 2. The molecule has 2 aromatic carbocycles. The zero-order chi connectivity index (χ0) is 20.9. The molecule has 2 aromatic rings. The fraction of sp³-hybridized carbons (Fsp3) is 0.300. The van der Waals surface area contributed by atoms with Crippen LogP contribution in [0, 0.1) is 13.8 Å². The van der Waals surface area contributed by atoms with E-state index in [1.807, 2.05) is 13.8 Å². The van der Waals surface area contributed by atoms with Crippen molar-refractivity contribution >= 4 is 27.6 Å². The zero-order valence-corrected chi connectivity index (χ0v) is 17.1. The summed E-state index contributed by atoms with van der Waals surface area (Å²) in [7, 11) is -3.73. The molecule has 0 spiro atoms. The first-order valence-corrected chi connectivity index (χ1v) is 10.2. The van der Waals surface area contributed by atoms with Gasteiger partial charge in [-0.2, -0.15) is 0 Å². The Balaban J connectivity index is 2.02. The molecule has 0 radical (unpaired) electrons. The number of hydrogen-bond acceptors (Lipinski definition) is 5. The van der Waals surface area contributed by atoms with Crippen molar-refractivity contribution in [3.63, 3.8) is 0 Å². The van der Waals surface area contributed by atoms with Crippen LogP contribution in [0.15, 0.2) is 47.4 Å². The highest BCUT2D eigenvalue weighted by molar-refractivity contribution is 7.92. The van der Waals surface area contributed by atoms with Gasteiger partial charge in [0.25, 0.3) is 15.9 Å². The molecule has 150 valence electrons.